The van der Waals surface area contributed by atoms with E-state index in [2.05, 4.69) is 37.4 Å². The predicted octanol–water partition coefficient (Wildman–Crippen LogP) is 4.47. The van der Waals surface area contributed by atoms with E-state index >= 15 is 0 Å². The number of nitrogens with one attached hydrogen (secondary N) is 1. The Kier molecular flexibility index (Phi) is 4.24. The number of para-hydroxylation sites is 1. The van der Waals surface area contributed by atoms with Crippen LogP contribution in [0.25, 0.3) is 0 Å². The lowest BCUT2D eigenvalue weighted by molar-refractivity contribution is 0.604. The van der Waals surface area contributed by atoms with E-state index in [-0.39, 0.29) is 0 Å². The maximum Gasteiger partial charge on any atom is 0.0725 e. The number of anilines is 1. The van der Waals surface area contributed by atoms with Crippen LogP contribution in [0.5, 0.6) is 0 Å². The summed E-state index contributed by atoms with van der Waals surface area (Å²) in [7, 11) is 0. The van der Waals surface area contributed by atoms with Gasteiger partial charge >= 0.3 is 0 Å². The minimum Gasteiger partial charge on any atom is -0.359 e. The van der Waals surface area contributed by atoms with Gasteiger partial charge in [-0.05, 0) is 24.1 Å². The van der Waals surface area contributed by atoms with Crippen LogP contribution in [0.1, 0.15) is 20.3 Å². The minimum absolute atomic E-state index is 0.596. The van der Waals surface area contributed by atoms with Gasteiger partial charge in [0.05, 0.1) is 4.20 Å². The van der Waals surface area contributed by atoms with Gasteiger partial charge in [0.25, 0.3) is 0 Å². The van der Waals surface area contributed by atoms with Crippen molar-refractivity contribution in [3.63, 3.8) is 0 Å². The second-order valence-electron chi connectivity index (χ2n) is 4.58. The predicted molar refractivity (Wildman–Crippen MR) is 81.6 cm³/mol. The molecule has 0 bridgehead atoms. The topological polar surface area (TPSA) is 12.0 Å². The van der Waals surface area contributed by atoms with E-state index in [1.54, 1.807) is 0 Å². The Morgan fingerprint density at radius 3 is 2.65 bits per heavy atom. The molecule has 1 aliphatic heterocycles. The van der Waals surface area contributed by atoms with E-state index in [4.69, 9.17) is 12.2 Å². The highest BCUT2D eigenvalue weighted by molar-refractivity contribution is 8.24. The fourth-order valence-corrected chi connectivity index (χ4v) is 3.37. The molecule has 1 N–H and O–H groups in total. The zero-order valence-electron chi connectivity index (χ0n) is 10.1. The summed E-state index contributed by atoms with van der Waals surface area (Å²) >= 11 is 7.17. The molecule has 1 heterocycles. The van der Waals surface area contributed by atoms with E-state index in [1.165, 1.54) is 5.70 Å². The van der Waals surface area contributed by atoms with Crippen LogP contribution < -0.4 is 5.32 Å². The Morgan fingerprint density at radius 1 is 1.29 bits per heavy atom. The zero-order valence-corrected chi connectivity index (χ0v) is 11.8. The molecule has 1 atom stereocenters. The van der Waals surface area contributed by atoms with E-state index in [9.17, 15) is 0 Å². The number of hydrogen-bond acceptors (Lipinski definition) is 3. The molecule has 90 valence electrons. The van der Waals surface area contributed by atoms with Gasteiger partial charge in [-0.1, -0.05) is 44.3 Å². The van der Waals surface area contributed by atoms with Crippen LogP contribution in [0.3, 0.4) is 0 Å². The van der Waals surface area contributed by atoms with Gasteiger partial charge in [-0.3, -0.25) is 0 Å². The van der Waals surface area contributed by atoms with E-state index in [0.717, 1.165) is 16.3 Å². The molecule has 0 fully saturated rings. The zero-order chi connectivity index (χ0) is 12.3. The number of hydrogen-bond donors (Lipinski definition) is 1. The largest absolute Gasteiger partial charge is 0.359 e. The van der Waals surface area contributed by atoms with Gasteiger partial charge in [0.2, 0.25) is 0 Å². The number of thiocarbonyl (C=S) groups is 1. The summed E-state index contributed by atoms with van der Waals surface area (Å²) in [6.45, 7) is 4.51. The summed E-state index contributed by atoms with van der Waals surface area (Å²) in [6.07, 6.45) is 3.16. The Balaban J connectivity index is 2.08. The molecule has 0 aliphatic carbocycles. The summed E-state index contributed by atoms with van der Waals surface area (Å²) in [6, 6.07) is 10.3. The molecule has 17 heavy (non-hydrogen) atoms. The number of thioether (sulfide) groups is 1. The molecule has 0 saturated heterocycles. The lowest BCUT2D eigenvalue weighted by Crippen LogP contribution is -2.20. The second-order valence-corrected chi connectivity index (χ2v) is 6.56. The normalized spacial score (nSPS) is 20.3. The standard InChI is InChI=1S/C14H17NS2/c1-10(2)13-8-12(9-14(16)17-13)15-11-6-4-3-5-7-11/h3-7,9-10,13,15H,8H2,1-2H3. The summed E-state index contributed by atoms with van der Waals surface area (Å²) in [5, 5.41) is 4.05. The molecule has 1 aromatic carbocycles. The third kappa shape index (κ3) is 3.58. The quantitative estimate of drug-likeness (QED) is 0.808. The first-order valence-corrected chi connectivity index (χ1v) is 7.17. The average molecular weight is 263 g/mol. The van der Waals surface area contributed by atoms with Gasteiger partial charge in [-0.25, -0.2) is 0 Å². The van der Waals surface area contributed by atoms with E-state index < -0.39 is 0 Å². The highest BCUT2D eigenvalue weighted by Gasteiger charge is 2.22. The van der Waals surface area contributed by atoms with Crippen LogP contribution in [-0.2, 0) is 0 Å². The molecule has 1 nitrogen and oxygen atoms in total. The van der Waals surface area contributed by atoms with Crippen molar-refractivity contribution in [2.24, 2.45) is 5.92 Å². The molecule has 1 aliphatic rings. The first kappa shape index (κ1) is 12.7. The molecule has 0 amide bonds. The lowest BCUT2D eigenvalue weighted by atomic mass is 10.0. The smallest absolute Gasteiger partial charge is 0.0725 e. The summed E-state index contributed by atoms with van der Waals surface area (Å²) in [4.78, 5) is 0. The van der Waals surface area contributed by atoms with Crippen molar-refractivity contribution in [2.75, 3.05) is 5.32 Å². The van der Waals surface area contributed by atoms with E-state index in [0.29, 0.717) is 11.2 Å². The van der Waals surface area contributed by atoms with Gasteiger partial charge in [0.15, 0.2) is 0 Å². The molecule has 0 aromatic heterocycles. The van der Waals surface area contributed by atoms with Crippen LogP contribution in [0, 0.1) is 5.92 Å². The Morgan fingerprint density at radius 2 is 2.00 bits per heavy atom. The van der Waals surface area contributed by atoms with Gasteiger partial charge in [0, 0.05) is 23.1 Å². The van der Waals surface area contributed by atoms with Crippen LogP contribution in [0.15, 0.2) is 42.1 Å². The highest BCUT2D eigenvalue weighted by Crippen LogP contribution is 2.32. The number of benzene rings is 1. The van der Waals surface area contributed by atoms with Crippen molar-refractivity contribution < 1.29 is 0 Å². The van der Waals surface area contributed by atoms with Crippen molar-refractivity contribution in [1.29, 1.82) is 0 Å². The Labute approximate surface area is 113 Å². The van der Waals surface area contributed by atoms with Crippen molar-refractivity contribution in [3.8, 4) is 0 Å². The SMILES string of the molecule is CC(C)C1CC(Nc2ccccc2)=CC(=S)S1. The first-order chi connectivity index (χ1) is 8.15. The van der Waals surface area contributed by atoms with Crippen LogP contribution in [0.2, 0.25) is 0 Å². The van der Waals surface area contributed by atoms with Gasteiger partial charge in [-0.2, -0.15) is 0 Å². The van der Waals surface area contributed by atoms with Gasteiger partial charge in [-0.15, -0.1) is 11.8 Å². The summed E-state index contributed by atoms with van der Waals surface area (Å²) in [5.74, 6) is 0.652. The van der Waals surface area contributed by atoms with Crippen molar-refractivity contribution in [3.05, 3.63) is 42.1 Å². The first-order valence-electron chi connectivity index (χ1n) is 5.88. The fourth-order valence-electron chi connectivity index (χ4n) is 1.81. The summed E-state index contributed by atoms with van der Waals surface area (Å²) in [5.41, 5.74) is 2.37. The third-order valence-corrected chi connectivity index (χ3v) is 4.57. The van der Waals surface area contributed by atoms with Crippen LogP contribution >= 0.6 is 24.0 Å². The Hall–Kier alpha value is -0.800. The van der Waals surface area contributed by atoms with Gasteiger partial charge < -0.3 is 5.32 Å². The second kappa shape index (κ2) is 5.69. The maximum atomic E-state index is 5.34. The van der Waals surface area contributed by atoms with Crippen LogP contribution in [-0.4, -0.2) is 9.45 Å². The Bertz CT molecular complexity index is 423. The molecular weight excluding hydrogens is 246 g/mol. The molecule has 3 heteroatoms. The summed E-state index contributed by atoms with van der Waals surface area (Å²) < 4.78 is 0.994. The lowest BCUT2D eigenvalue weighted by Gasteiger charge is -2.26. The molecular formula is C14H17NS2. The molecule has 0 radical (unpaired) electrons. The van der Waals surface area contributed by atoms with Crippen LogP contribution in [0.4, 0.5) is 5.69 Å². The molecule has 0 spiro atoms. The van der Waals surface area contributed by atoms with Crippen molar-refractivity contribution >= 4 is 33.9 Å². The molecule has 2 rings (SSSR count). The monoisotopic (exact) mass is 263 g/mol. The average Bonchev–Trinajstić information content (AvgIpc) is 2.29. The molecule has 1 unspecified atom stereocenters. The minimum atomic E-state index is 0.596. The van der Waals surface area contributed by atoms with E-state index in [1.807, 2.05) is 30.0 Å². The fraction of sp³-hybridized carbons (Fsp3) is 0.357. The molecule has 0 saturated carbocycles. The maximum absolute atomic E-state index is 5.34. The van der Waals surface area contributed by atoms with Crippen molar-refractivity contribution in [2.45, 2.75) is 25.5 Å². The molecule has 1 aromatic rings. The highest BCUT2D eigenvalue weighted by atomic mass is 32.2. The third-order valence-electron chi connectivity index (χ3n) is 2.80. The van der Waals surface area contributed by atoms with Gasteiger partial charge in [0.1, 0.15) is 0 Å². The number of allylic oxidation sites excluding steroid dienone is 1. The van der Waals surface area contributed by atoms with Crippen molar-refractivity contribution in [1.82, 2.24) is 0 Å². The number of rotatable bonds is 3.